The molecule has 0 radical (unpaired) electrons. The summed E-state index contributed by atoms with van der Waals surface area (Å²) < 4.78 is 5.05. The molecule has 1 aromatic heterocycles. The normalized spacial score (nSPS) is 22.6. The molecule has 2 rings (SSSR count). The fourth-order valence-electron chi connectivity index (χ4n) is 2.95. The van der Waals surface area contributed by atoms with Crippen LogP contribution in [0.3, 0.4) is 0 Å². The number of aromatic nitrogens is 2. The van der Waals surface area contributed by atoms with E-state index in [1.807, 2.05) is 13.8 Å². The van der Waals surface area contributed by atoms with Crippen LogP contribution in [0.2, 0.25) is 0 Å². The van der Waals surface area contributed by atoms with Crippen molar-refractivity contribution in [2.24, 2.45) is 5.92 Å². The highest BCUT2D eigenvalue weighted by atomic mass is 16.5. The second-order valence-electron chi connectivity index (χ2n) is 5.63. The van der Waals surface area contributed by atoms with Gasteiger partial charge in [-0.1, -0.05) is 26.7 Å². The van der Waals surface area contributed by atoms with Crippen LogP contribution in [0.4, 0.5) is 0 Å². The third-order valence-corrected chi connectivity index (χ3v) is 4.02. The van der Waals surface area contributed by atoms with Gasteiger partial charge >= 0.3 is 5.97 Å². The Morgan fingerprint density at radius 1 is 1.40 bits per heavy atom. The number of hydrogen-bond acceptors (Lipinski definition) is 4. The first-order chi connectivity index (χ1) is 9.65. The molecule has 1 aliphatic carbocycles. The number of aryl methyl sites for hydroxylation is 1. The molecule has 0 spiro atoms. The molecule has 110 valence electrons. The summed E-state index contributed by atoms with van der Waals surface area (Å²) in [5, 5.41) is 0. The Morgan fingerprint density at radius 3 is 2.85 bits per heavy atom. The van der Waals surface area contributed by atoms with Crippen LogP contribution in [0.1, 0.15) is 74.2 Å². The second kappa shape index (κ2) is 6.82. The van der Waals surface area contributed by atoms with Gasteiger partial charge in [0, 0.05) is 12.1 Å². The van der Waals surface area contributed by atoms with Gasteiger partial charge in [-0.2, -0.15) is 0 Å². The van der Waals surface area contributed by atoms with Crippen molar-refractivity contribution in [2.45, 2.75) is 58.8 Å². The van der Waals surface area contributed by atoms with E-state index in [2.05, 4.69) is 16.9 Å². The summed E-state index contributed by atoms with van der Waals surface area (Å²) >= 11 is 0. The zero-order chi connectivity index (χ0) is 14.5. The molecular formula is C16H24N2O2. The Labute approximate surface area is 121 Å². The van der Waals surface area contributed by atoms with Crippen LogP contribution in [0.25, 0.3) is 0 Å². The molecule has 0 bridgehead atoms. The number of ether oxygens (including phenoxy) is 1. The van der Waals surface area contributed by atoms with Gasteiger partial charge in [0.2, 0.25) is 0 Å². The van der Waals surface area contributed by atoms with E-state index in [-0.39, 0.29) is 5.97 Å². The van der Waals surface area contributed by atoms with Crippen molar-refractivity contribution in [1.29, 1.82) is 0 Å². The van der Waals surface area contributed by atoms with Gasteiger partial charge in [0.05, 0.1) is 17.9 Å². The summed E-state index contributed by atoms with van der Waals surface area (Å²) in [7, 11) is 0. The molecule has 1 aliphatic rings. The highest BCUT2D eigenvalue weighted by Gasteiger charge is 2.24. The molecule has 1 saturated carbocycles. The third-order valence-electron chi connectivity index (χ3n) is 4.02. The van der Waals surface area contributed by atoms with E-state index >= 15 is 0 Å². The lowest BCUT2D eigenvalue weighted by Gasteiger charge is -2.25. The smallest absolute Gasteiger partial charge is 0.341 e. The summed E-state index contributed by atoms with van der Waals surface area (Å²) in [6.07, 6.45) is 7.24. The number of esters is 1. The predicted molar refractivity (Wildman–Crippen MR) is 77.7 cm³/mol. The molecule has 2 unspecified atom stereocenters. The maximum atomic E-state index is 11.9. The van der Waals surface area contributed by atoms with Crippen LogP contribution in [0.15, 0.2) is 6.20 Å². The van der Waals surface area contributed by atoms with E-state index in [0.717, 1.165) is 36.7 Å². The van der Waals surface area contributed by atoms with E-state index in [9.17, 15) is 4.79 Å². The molecule has 0 amide bonds. The second-order valence-corrected chi connectivity index (χ2v) is 5.63. The minimum Gasteiger partial charge on any atom is -0.462 e. The van der Waals surface area contributed by atoms with Crippen molar-refractivity contribution in [3.63, 3.8) is 0 Å². The number of carbonyl (C=O) groups excluding carboxylic acids is 1. The summed E-state index contributed by atoms with van der Waals surface area (Å²) in [5.41, 5.74) is 1.33. The Balaban J connectivity index is 2.22. The van der Waals surface area contributed by atoms with Crippen LogP contribution in [-0.4, -0.2) is 22.5 Å². The molecule has 0 saturated heterocycles. The molecule has 0 aromatic carbocycles. The van der Waals surface area contributed by atoms with E-state index in [1.54, 1.807) is 6.20 Å². The molecule has 1 aromatic rings. The molecule has 0 aliphatic heterocycles. The highest BCUT2D eigenvalue weighted by molar-refractivity contribution is 5.90. The van der Waals surface area contributed by atoms with E-state index < -0.39 is 0 Å². The van der Waals surface area contributed by atoms with Crippen molar-refractivity contribution >= 4 is 5.97 Å². The zero-order valence-corrected chi connectivity index (χ0v) is 12.7. The highest BCUT2D eigenvalue weighted by Crippen LogP contribution is 2.34. The van der Waals surface area contributed by atoms with Gasteiger partial charge in [-0.05, 0) is 32.1 Å². The lowest BCUT2D eigenvalue weighted by Crippen LogP contribution is -2.17. The minimum absolute atomic E-state index is 0.312. The maximum Gasteiger partial charge on any atom is 0.341 e. The van der Waals surface area contributed by atoms with E-state index in [1.165, 1.54) is 12.8 Å². The van der Waals surface area contributed by atoms with Crippen molar-refractivity contribution < 1.29 is 9.53 Å². The largest absolute Gasteiger partial charge is 0.462 e. The molecule has 20 heavy (non-hydrogen) atoms. The quantitative estimate of drug-likeness (QED) is 0.790. The monoisotopic (exact) mass is 276 g/mol. The molecule has 2 atom stereocenters. The third kappa shape index (κ3) is 3.35. The van der Waals surface area contributed by atoms with Gasteiger partial charge in [0.15, 0.2) is 0 Å². The van der Waals surface area contributed by atoms with Crippen LogP contribution in [0, 0.1) is 5.92 Å². The summed E-state index contributed by atoms with van der Waals surface area (Å²) in [4.78, 5) is 20.9. The summed E-state index contributed by atoms with van der Waals surface area (Å²) in [6.45, 7) is 6.49. The summed E-state index contributed by atoms with van der Waals surface area (Å²) in [6, 6.07) is 0. The first-order valence-corrected chi connectivity index (χ1v) is 7.68. The van der Waals surface area contributed by atoms with Gasteiger partial charge in [0.25, 0.3) is 0 Å². The van der Waals surface area contributed by atoms with E-state index in [0.29, 0.717) is 18.1 Å². The van der Waals surface area contributed by atoms with Gasteiger partial charge in [-0.3, -0.25) is 0 Å². The average Bonchev–Trinajstić information content (AvgIpc) is 2.46. The van der Waals surface area contributed by atoms with Crippen molar-refractivity contribution in [3.8, 4) is 0 Å². The van der Waals surface area contributed by atoms with Crippen molar-refractivity contribution in [3.05, 3.63) is 23.3 Å². The maximum absolute atomic E-state index is 11.9. The Hall–Kier alpha value is -1.45. The topological polar surface area (TPSA) is 52.1 Å². The van der Waals surface area contributed by atoms with Crippen LogP contribution >= 0.6 is 0 Å². The van der Waals surface area contributed by atoms with Gasteiger partial charge in [0.1, 0.15) is 5.82 Å². The van der Waals surface area contributed by atoms with Gasteiger partial charge in [-0.25, -0.2) is 14.8 Å². The molecular weight excluding hydrogens is 252 g/mol. The Morgan fingerprint density at radius 2 is 2.20 bits per heavy atom. The van der Waals surface area contributed by atoms with Crippen molar-refractivity contribution in [2.75, 3.05) is 6.61 Å². The molecule has 1 fully saturated rings. The van der Waals surface area contributed by atoms with Crippen LogP contribution in [0.5, 0.6) is 0 Å². The lowest BCUT2D eigenvalue weighted by atomic mass is 9.82. The molecule has 4 heteroatoms. The van der Waals surface area contributed by atoms with E-state index in [4.69, 9.17) is 4.74 Å². The summed E-state index contributed by atoms with van der Waals surface area (Å²) in [5.74, 6) is 1.78. The lowest BCUT2D eigenvalue weighted by molar-refractivity contribution is 0.0524. The molecule has 4 nitrogen and oxygen atoms in total. The number of nitrogens with zero attached hydrogens (tertiary/aromatic N) is 2. The Bertz CT molecular complexity index is 474. The molecule has 1 heterocycles. The first kappa shape index (κ1) is 14.9. The van der Waals surface area contributed by atoms with Gasteiger partial charge in [-0.15, -0.1) is 0 Å². The Kier molecular flexibility index (Phi) is 5.10. The van der Waals surface area contributed by atoms with Crippen LogP contribution in [-0.2, 0) is 11.2 Å². The minimum atomic E-state index is -0.312. The number of hydrogen-bond donors (Lipinski definition) is 0. The van der Waals surface area contributed by atoms with Crippen molar-refractivity contribution in [1.82, 2.24) is 9.97 Å². The average molecular weight is 276 g/mol. The zero-order valence-electron chi connectivity index (χ0n) is 12.7. The standard InChI is InChI=1S/C16H24N2O2/c1-4-14-13(16(19)20-5-2)10-17-15(18-14)12-8-6-7-11(3)9-12/h10-12H,4-9H2,1-3H3. The SMILES string of the molecule is CCOC(=O)c1cnc(C2CCCC(C)C2)nc1CC. The fourth-order valence-corrected chi connectivity index (χ4v) is 2.95. The predicted octanol–water partition coefficient (Wildman–Crippen LogP) is 3.51. The first-order valence-electron chi connectivity index (χ1n) is 7.68. The van der Waals surface area contributed by atoms with Crippen LogP contribution < -0.4 is 0 Å². The number of carbonyl (C=O) groups is 1. The number of rotatable bonds is 4. The van der Waals surface area contributed by atoms with Gasteiger partial charge < -0.3 is 4.74 Å². The fraction of sp³-hybridized carbons (Fsp3) is 0.688. The molecule has 0 N–H and O–H groups in total.